The van der Waals surface area contributed by atoms with E-state index in [2.05, 4.69) is 5.32 Å². The number of likely N-dealkylation sites (N-methyl/N-ethyl adjacent to an activating group) is 1. The van der Waals surface area contributed by atoms with E-state index in [4.69, 9.17) is 10.8 Å². The van der Waals surface area contributed by atoms with Crippen LogP contribution >= 0.6 is 0 Å². The predicted molar refractivity (Wildman–Crippen MR) is 71.9 cm³/mol. The zero-order valence-electron chi connectivity index (χ0n) is 11.7. The van der Waals surface area contributed by atoms with Gasteiger partial charge in [0.1, 0.15) is 0 Å². The van der Waals surface area contributed by atoms with E-state index in [0.717, 1.165) is 0 Å². The maximum atomic E-state index is 12.0. The van der Waals surface area contributed by atoms with E-state index in [-0.39, 0.29) is 24.7 Å². The second kappa shape index (κ2) is 7.81. The number of rotatable bonds is 6. The standard InChI is InChI=1S/C12H22N4O4/c1-14-10(17)8-15-4-6-16(7-5-15)12(20)9(13)2-3-11(18)19/h9H,2-8,13H2,1H3,(H,14,17)(H,18,19). The normalized spacial score (nSPS) is 17.6. The highest BCUT2D eigenvalue weighted by Gasteiger charge is 2.26. The molecule has 1 fully saturated rings. The lowest BCUT2D eigenvalue weighted by atomic mass is 10.1. The highest BCUT2D eigenvalue weighted by atomic mass is 16.4. The largest absolute Gasteiger partial charge is 0.481 e. The first-order valence-corrected chi connectivity index (χ1v) is 6.63. The van der Waals surface area contributed by atoms with Crippen LogP contribution in [0.2, 0.25) is 0 Å². The summed E-state index contributed by atoms with van der Waals surface area (Å²) in [5.74, 6) is -1.22. The van der Waals surface area contributed by atoms with E-state index in [0.29, 0.717) is 32.7 Å². The minimum absolute atomic E-state index is 0.0528. The van der Waals surface area contributed by atoms with Crippen molar-refractivity contribution in [3.05, 3.63) is 0 Å². The Morgan fingerprint density at radius 2 is 1.85 bits per heavy atom. The summed E-state index contributed by atoms with van der Waals surface area (Å²) in [5, 5.41) is 11.1. The number of carboxylic acids is 1. The number of nitrogens with two attached hydrogens (primary N) is 1. The van der Waals surface area contributed by atoms with E-state index in [1.165, 1.54) is 0 Å². The number of carbonyl (C=O) groups excluding carboxylic acids is 2. The molecule has 0 aliphatic carbocycles. The van der Waals surface area contributed by atoms with Crippen LogP contribution in [0.25, 0.3) is 0 Å². The van der Waals surface area contributed by atoms with Crippen LogP contribution in [0.3, 0.4) is 0 Å². The second-order valence-electron chi connectivity index (χ2n) is 4.81. The molecule has 0 aromatic heterocycles. The van der Waals surface area contributed by atoms with Gasteiger partial charge in [0.05, 0.1) is 12.6 Å². The molecule has 0 aromatic carbocycles. The minimum Gasteiger partial charge on any atom is -0.481 e. The third-order valence-electron chi connectivity index (χ3n) is 3.32. The van der Waals surface area contributed by atoms with Crippen molar-refractivity contribution in [2.24, 2.45) is 5.73 Å². The summed E-state index contributed by atoms with van der Waals surface area (Å²) in [4.78, 5) is 37.3. The number of amides is 2. The molecular weight excluding hydrogens is 264 g/mol. The van der Waals surface area contributed by atoms with Crippen molar-refractivity contribution in [3.8, 4) is 0 Å². The smallest absolute Gasteiger partial charge is 0.303 e. The Morgan fingerprint density at radius 1 is 1.25 bits per heavy atom. The Morgan fingerprint density at radius 3 is 2.35 bits per heavy atom. The first-order valence-electron chi connectivity index (χ1n) is 6.63. The van der Waals surface area contributed by atoms with E-state index in [1.807, 2.05) is 4.90 Å². The molecule has 0 bridgehead atoms. The minimum atomic E-state index is -0.955. The highest BCUT2D eigenvalue weighted by Crippen LogP contribution is 2.06. The summed E-state index contributed by atoms with van der Waals surface area (Å²) in [5.41, 5.74) is 5.70. The van der Waals surface area contributed by atoms with Crippen LogP contribution < -0.4 is 11.1 Å². The van der Waals surface area contributed by atoms with Crippen LogP contribution in [0.15, 0.2) is 0 Å². The van der Waals surface area contributed by atoms with Crippen LogP contribution in [0.4, 0.5) is 0 Å². The van der Waals surface area contributed by atoms with Gasteiger partial charge in [-0.1, -0.05) is 0 Å². The van der Waals surface area contributed by atoms with Gasteiger partial charge >= 0.3 is 5.97 Å². The van der Waals surface area contributed by atoms with Crippen molar-refractivity contribution in [2.75, 3.05) is 39.8 Å². The Hall–Kier alpha value is -1.67. The summed E-state index contributed by atoms with van der Waals surface area (Å²) in [6.07, 6.45) is 0.0379. The van der Waals surface area contributed by atoms with Gasteiger partial charge in [0.25, 0.3) is 0 Å². The van der Waals surface area contributed by atoms with Gasteiger partial charge in [-0.15, -0.1) is 0 Å². The summed E-state index contributed by atoms with van der Waals surface area (Å²) < 4.78 is 0. The number of piperazine rings is 1. The molecule has 114 valence electrons. The lowest BCUT2D eigenvalue weighted by molar-refractivity contribution is -0.138. The highest BCUT2D eigenvalue weighted by molar-refractivity contribution is 5.82. The third-order valence-corrected chi connectivity index (χ3v) is 3.32. The summed E-state index contributed by atoms with van der Waals surface area (Å²) in [6, 6.07) is -0.767. The number of carboxylic acid groups (broad SMARTS) is 1. The lowest BCUT2D eigenvalue weighted by Crippen LogP contribution is -2.54. The molecule has 1 rings (SSSR count). The van der Waals surface area contributed by atoms with Gasteiger partial charge in [0.15, 0.2) is 0 Å². The average Bonchev–Trinajstić information content (AvgIpc) is 2.44. The molecule has 0 spiro atoms. The molecule has 1 aliphatic heterocycles. The van der Waals surface area contributed by atoms with Gasteiger partial charge in [-0.3, -0.25) is 19.3 Å². The Bertz CT molecular complexity index is 366. The molecule has 20 heavy (non-hydrogen) atoms. The van der Waals surface area contributed by atoms with Crippen molar-refractivity contribution in [1.29, 1.82) is 0 Å². The van der Waals surface area contributed by atoms with Gasteiger partial charge in [-0.2, -0.15) is 0 Å². The van der Waals surface area contributed by atoms with Crippen molar-refractivity contribution in [2.45, 2.75) is 18.9 Å². The van der Waals surface area contributed by atoms with Crippen LogP contribution in [0, 0.1) is 0 Å². The number of carbonyl (C=O) groups is 3. The molecule has 8 heteroatoms. The second-order valence-corrected chi connectivity index (χ2v) is 4.81. The van der Waals surface area contributed by atoms with E-state index in [1.54, 1.807) is 11.9 Å². The fourth-order valence-corrected chi connectivity index (χ4v) is 2.05. The summed E-state index contributed by atoms with van der Waals surface area (Å²) >= 11 is 0. The van der Waals surface area contributed by atoms with Gasteiger partial charge < -0.3 is 21.1 Å². The predicted octanol–water partition coefficient (Wildman–Crippen LogP) is -1.93. The fourth-order valence-electron chi connectivity index (χ4n) is 2.05. The zero-order valence-corrected chi connectivity index (χ0v) is 11.7. The maximum Gasteiger partial charge on any atom is 0.303 e. The number of hydrogen-bond acceptors (Lipinski definition) is 5. The van der Waals surface area contributed by atoms with Gasteiger partial charge in [-0.25, -0.2) is 0 Å². The lowest BCUT2D eigenvalue weighted by Gasteiger charge is -2.35. The molecule has 1 aliphatic rings. The molecular formula is C12H22N4O4. The molecule has 1 saturated heterocycles. The Balaban J connectivity index is 2.34. The summed E-state index contributed by atoms with van der Waals surface area (Å²) in [7, 11) is 1.59. The first-order chi connectivity index (χ1) is 9.43. The topological polar surface area (TPSA) is 116 Å². The molecule has 4 N–H and O–H groups in total. The Labute approximate surface area is 117 Å². The van der Waals surface area contributed by atoms with Crippen LogP contribution in [-0.4, -0.2) is 78.5 Å². The number of aliphatic carboxylic acids is 1. The van der Waals surface area contributed by atoms with Crippen molar-refractivity contribution in [3.63, 3.8) is 0 Å². The van der Waals surface area contributed by atoms with Crippen LogP contribution in [-0.2, 0) is 14.4 Å². The molecule has 0 radical (unpaired) electrons. The first kappa shape index (κ1) is 16.4. The quantitative estimate of drug-likeness (QED) is 0.523. The molecule has 1 atom stereocenters. The van der Waals surface area contributed by atoms with E-state index >= 15 is 0 Å². The van der Waals surface area contributed by atoms with E-state index < -0.39 is 12.0 Å². The maximum absolute atomic E-state index is 12.0. The number of hydrogen-bond donors (Lipinski definition) is 3. The molecule has 8 nitrogen and oxygen atoms in total. The van der Waals surface area contributed by atoms with Gasteiger partial charge in [0.2, 0.25) is 11.8 Å². The van der Waals surface area contributed by atoms with Crippen molar-refractivity contribution < 1.29 is 19.5 Å². The number of nitrogens with one attached hydrogen (secondary N) is 1. The van der Waals surface area contributed by atoms with Crippen LogP contribution in [0.5, 0.6) is 0 Å². The fraction of sp³-hybridized carbons (Fsp3) is 0.750. The van der Waals surface area contributed by atoms with Crippen molar-refractivity contribution >= 4 is 17.8 Å². The third kappa shape index (κ3) is 5.14. The zero-order chi connectivity index (χ0) is 15.1. The van der Waals surface area contributed by atoms with Crippen LogP contribution in [0.1, 0.15) is 12.8 Å². The summed E-state index contributed by atoms with van der Waals surface area (Å²) in [6.45, 7) is 2.58. The molecule has 0 aromatic rings. The molecule has 1 heterocycles. The molecule has 2 amide bonds. The Kier molecular flexibility index (Phi) is 6.40. The van der Waals surface area contributed by atoms with Crippen molar-refractivity contribution in [1.82, 2.24) is 15.1 Å². The van der Waals surface area contributed by atoms with Gasteiger partial charge in [-0.05, 0) is 6.42 Å². The van der Waals surface area contributed by atoms with E-state index in [9.17, 15) is 14.4 Å². The SMILES string of the molecule is CNC(=O)CN1CCN(C(=O)C(N)CCC(=O)O)CC1. The number of nitrogens with zero attached hydrogens (tertiary/aromatic N) is 2. The molecule has 0 saturated carbocycles. The monoisotopic (exact) mass is 286 g/mol. The molecule has 1 unspecified atom stereocenters. The van der Waals surface area contributed by atoms with Gasteiger partial charge in [0, 0.05) is 39.6 Å². The average molecular weight is 286 g/mol.